The number of nitrogens with zero attached hydrogens (tertiary/aromatic N) is 2. The molecule has 1 aliphatic carbocycles. The Morgan fingerprint density at radius 3 is 2.65 bits per heavy atom. The number of imidazole rings is 1. The highest BCUT2D eigenvalue weighted by Crippen LogP contribution is 2.43. The van der Waals surface area contributed by atoms with E-state index in [0.29, 0.717) is 17.3 Å². The summed E-state index contributed by atoms with van der Waals surface area (Å²) in [4.78, 5) is 4.56. The number of aryl methyl sites for hydroxylation is 1. The van der Waals surface area contributed by atoms with E-state index in [2.05, 4.69) is 43.4 Å². The number of rotatable bonds is 4. The third kappa shape index (κ3) is 3.43. The average Bonchev–Trinajstić information content (AvgIpc) is 2.85. The van der Waals surface area contributed by atoms with Crippen LogP contribution in [0.15, 0.2) is 12.4 Å². The van der Waals surface area contributed by atoms with Gasteiger partial charge >= 0.3 is 0 Å². The van der Waals surface area contributed by atoms with E-state index < -0.39 is 0 Å². The molecule has 3 nitrogen and oxygen atoms in total. The van der Waals surface area contributed by atoms with Gasteiger partial charge in [0.1, 0.15) is 5.82 Å². The van der Waals surface area contributed by atoms with Crippen LogP contribution in [0, 0.1) is 23.2 Å². The third-order valence-corrected chi connectivity index (χ3v) is 5.25. The normalized spacial score (nSPS) is 27.8. The monoisotopic (exact) mass is 277 g/mol. The van der Waals surface area contributed by atoms with E-state index in [9.17, 15) is 0 Å². The predicted octanol–water partition coefficient (Wildman–Crippen LogP) is 3.48. The standard InChI is InChI=1S/C17H31N3/c1-5-20-9-8-19-16(20)11-14-10-15(17(2,3)4)7-6-13(14)12-18/h8-9,13-15H,5-7,10-12,18H2,1-4H3. The Labute approximate surface area is 124 Å². The third-order valence-electron chi connectivity index (χ3n) is 5.25. The van der Waals surface area contributed by atoms with Crippen molar-refractivity contribution in [1.82, 2.24) is 9.55 Å². The highest BCUT2D eigenvalue weighted by Gasteiger charge is 2.35. The Morgan fingerprint density at radius 2 is 2.05 bits per heavy atom. The van der Waals surface area contributed by atoms with Gasteiger partial charge in [0.25, 0.3) is 0 Å². The molecular weight excluding hydrogens is 246 g/mol. The lowest BCUT2D eigenvalue weighted by Gasteiger charge is -2.41. The molecule has 0 aromatic carbocycles. The molecule has 0 spiro atoms. The molecule has 0 aliphatic heterocycles. The molecule has 20 heavy (non-hydrogen) atoms. The van der Waals surface area contributed by atoms with Gasteiger partial charge in [-0.3, -0.25) is 0 Å². The summed E-state index contributed by atoms with van der Waals surface area (Å²) in [6, 6.07) is 0. The zero-order valence-corrected chi connectivity index (χ0v) is 13.6. The van der Waals surface area contributed by atoms with E-state index in [0.717, 1.165) is 25.4 Å². The van der Waals surface area contributed by atoms with Crippen molar-refractivity contribution < 1.29 is 0 Å². The molecule has 2 N–H and O–H groups in total. The summed E-state index contributed by atoms with van der Waals surface area (Å²) in [5, 5.41) is 0. The molecule has 1 aromatic rings. The molecule has 1 fully saturated rings. The van der Waals surface area contributed by atoms with Crippen molar-refractivity contribution in [1.29, 1.82) is 0 Å². The van der Waals surface area contributed by atoms with Crippen LogP contribution < -0.4 is 5.73 Å². The van der Waals surface area contributed by atoms with Gasteiger partial charge in [0.2, 0.25) is 0 Å². The highest BCUT2D eigenvalue weighted by atomic mass is 15.1. The molecule has 114 valence electrons. The van der Waals surface area contributed by atoms with Gasteiger partial charge in [0.15, 0.2) is 0 Å². The van der Waals surface area contributed by atoms with Gasteiger partial charge in [-0.15, -0.1) is 0 Å². The van der Waals surface area contributed by atoms with E-state index in [1.165, 1.54) is 25.1 Å². The Kier molecular flexibility index (Phi) is 4.90. The summed E-state index contributed by atoms with van der Waals surface area (Å²) in [6.45, 7) is 11.2. The maximum absolute atomic E-state index is 6.02. The quantitative estimate of drug-likeness (QED) is 0.915. The van der Waals surface area contributed by atoms with Gasteiger partial charge in [-0.2, -0.15) is 0 Å². The first-order valence-electron chi connectivity index (χ1n) is 8.15. The molecule has 0 radical (unpaired) electrons. The lowest BCUT2D eigenvalue weighted by Crippen LogP contribution is -2.36. The maximum atomic E-state index is 6.02. The summed E-state index contributed by atoms with van der Waals surface area (Å²) in [5.41, 5.74) is 6.44. The lowest BCUT2D eigenvalue weighted by atomic mass is 9.65. The number of nitrogens with two attached hydrogens (primary N) is 1. The molecule has 3 heteroatoms. The second-order valence-corrected chi connectivity index (χ2v) is 7.47. The van der Waals surface area contributed by atoms with Crippen LogP contribution in [0.5, 0.6) is 0 Å². The molecule has 0 saturated heterocycles. The summed E-state index contributed by atoms with van der Waals surface area (Å²) < 4.78 is 2.27. The molecule has 1 aliphatic rings. The fraction of sp³-hybridized carbons (Fsp3) is 0.824. The van der Waals surface area contributed by atoms with Gasteiger partial charge in [-0.1, -0.05) is 20.8 Å². The van der Waals surface area contributed by atoms with E-state index in [4.69, 9.17) is 5.73 Å². The second kappa shape index (κ2) is 6.30. The van der Waals surface area contributed by atoms with Crippen molar-refractivity contribution >= 4 is 0 Å². The molecule has 1 heterocycles. The first-order valence-corrected chi connectivity index (χ1v) is 8.15. The molecule has 0 bridgehead atoms. The van der Waals surface area contributed by atoms with Crippen molar-refractivity contribution in [2.75, 3.05) is 6.54 Å². The van der Waals surface area contributed by atoms with Gasteiger partial charge in [-0.05, 0) is 55.9 Å². The van der Waals surface area contributed by atoms with E-state index in [-0.39, 0.29) is 0 Å². The van der Waals surface area contributed by atoms with Gasteiger partial charge < -0.3 is 10.3 Å². The van der Waals surface area contributed by atoms with Crippen LogP contribution in [-0.2, 0) is 13.0 Å². The Morgan fingerprint density at radius 1 is 1.30 bits per heavy atom. The largest absolute Gasteiger partial charge is 0.335 e. The highest BCUT2D eigenvalue weighted by molar-refractivity contribution is 4.97. The fourth-order valence-electron chi connectivity index (χ4n) is 3.73. The number of hydrogen-bond donors (Lipinski definition) is 1. The van der Waals surface area contributed by atoms with Crippen molar-refractivity contribution in [3.8, 4) is 0 Å². The van der Waals surface area contributed by atoms with E-state index in [1.807, 2.05) is 6.20 Å². The number of hydrogen-bond acceptors (Lipinski definition) is 2. The summed E-state index contributed by atoms with van der Waals surface area (Å²) in [7, 11) is 0. The second-order valence-electron chi connectivity index (χ2n) is 7.47. The van der Waals surface area contributed by atoms with Crippen LogP contribution >= 0.6 is 0 Å². The lowest BCUT2D eigenvalue weighted by molar-refractivity contribution is 0.0996. The molecule has 1 aromatic heterocycles. The zero-order valence-electron chi connectivity index (χ0n) is 13.6. The first kappa shape index (κ1) is 15.6. The van der Waals surface area contributed by atoms with Crippen molar-refractivity contribution in [2.24, 2.45) is 28.9 Å². The van der Waals surface area contributed by atoms with Crippen LogP contribution in [-0.4, -0.2) is 16.1 Å². The molecule has 2 rings (SSSR count). The number of aromatic nitrogens is 2. The van der Waals surface area contributed by atoms with Gasteiger partial charge in [0.05, 0.1) is 0 Å². The van der Waals surface area contributed by atoms with Crippen LogP contribution in [0.4, 0.5) is 0 Å². The van der Waals surface area contributed by atoms with E-state index in [1.54, 1.807) is 0 Å². The van der Waals surface area contributed by atoms with Crippen molar-refractivity contribution in [2.45, 2.75) is 59.9 Å². The van der Waals surface area contributed by atoms with Crippen LogP contribution in [0.25, 0.3) is 0 Å². The minimum absolute atomic E-state index is 0.415. The summed E-state index contributed by atoms with van der Waals surface area (Å²) in [5.74, 6) is 3.44. The Bertz CT molecular complexity index is 416. The van der Waals surface area contributed by atoms with Crippen LogP contribution in [0.1, 0.15) is 52.8 Å². The smallest absolute Gasteiger partial charge is 0.108 e. The van der Waals surface area contributed by atoms with Crippen molar-refractivity contribution in [3.05, 3.63) is 18.2 Å². The molecule has 3 unspecified atom stereocenters. The maximum Gasteiger partial charge on any atom is 0.108 e. The summed E-state index contributed by atoms with van der Waals surface area (Å²) in [6.07, 6.45) is 9.05. The SMILES string of the molecule is CCn1ccnc1CC1CC(C(C)(C)C)CCC1CN. The fourth-order valence-corrected chi connectivity index (χ4v) is 3.73. The molecule has 3 atom stereocenters. The zero-order chi connectivity index (χ0) is 14.8. The summed E-state index contributed by atoms with van der Waals surface area (Å²) >= 11 is 0. The van der Waals surface area contributed by atoms with Crippen molar-refractivity contribution in [3.63, 3.8) is 0 Å². The predicted molar refractivity (Wildman–Crippen MR) is 84.4 cm³/mol. The average molecular weight is 277 g/mol. The molecule has 1 saturated carbocycles. The minimum Gasteiger partial charge on any atom is -0.335 e. The first-order chi connectivity index (χ1) is 9.45. The van der Waals surface area contributed by atoms with Crippen LogP contribution in [0.3, 0.4) is 0 Å². The molecular formula is C17H31N3. The Balaban J connectivity index is 2.09. The van der Waals surface area contributed by atoms with Gasteiger partial charge in [-0.25, -0.2) is 4.98 Å². The molecule has 0 amide bonds. The minimum atomic E-state index is 0.415. The van der Waals surface area contributed by atoms with E-state index >= 15 is 0 Å². The van der Waals surface area contributed by atoms with Gasteiger partial charge in [0, 0.05) is 25.4 Å². The topological polar surface area (TPSA) is 43.8 Å². The van der Waals surface area contributed by atoms with Crippen LogP contribution in [0.2, 0.25) is 0 Å². The Hall–Kier alpha value is -0.830.